The predicted molar refractivity (Wildman–Crippen MR) is 100 cm³/mol. The summed E-state index contributed by atoms with van der Waals surface area (Å²) in [7, 11) is -3.58. The number of benzene rings is 1. The first-order valence-electron chi connectivity index (χ1n) is 8.26. The van der Waals surface area contributed by atoms with Crippen molar-refractivity contribution in [2.45, 2.75) is 55.5 Å². The van der Waals surface area contributed by atoms with Gasteiger partial charge in [0.05, 0.1) is 4.90 Å². The molecule has 0 bridgehead atoms. The fourth-order valence-electron chi connectivity index (χ4n) is 2.69. The van der Waals surface area contributed by atoms with Crippen molar-refractivity contribution in [2.75, 3.05) is 13.1 Å². The van der Waals surface area contributed by atoms with E-state index in [9.17, 15) is 13.2 Å². The van der Waals surface area contributed by atoms with Gasteiger partial charge in [-0.3, -0.25) is 0 Å². The molecule has 1 atom stereocenters. The zero-order valence-corrected chi connectivity index (χ0v) is 17.2. The van der Waals surface area contributed by atoms with Crippen LogP contribution in [0, 0.1) is 0 Å². The van der Waals surface area contributed by atoms with E-state index in [0.29, 0.717) is 18.3 Å². The van der Waals surface area contributed by atoms with E-state index in [4.69, 9.17) is 4.74 Å². The van der Waals surface area contributed by atoms with E-state index >= 15 is 0 Å². The number of hydrogen-bond donors (Lipinski definition) is 1. The third kappa shape index (κ3) is 5.69. The number of alkyl halides is 1. The lowest BCUT2D eigenvalue weighted by Crippen LogP contribution is -2.50. The van der Waals surface area contributed by atoms with Crippen LogP contribution >= 0.6 is 15.9 Å². The van der Waals surface area contributed by atoms with Crippen LogP contribution in [0.2, 0.25) is 0 Å². The molecule has 0 aliphatic carbocycles. The lowest BCUT2D eigenvalue weighted by molar-refractivity contribution is 0.0487. The maximum absolute atomic E-state index is 12.9. The summed E-state index contributed by atoms with van der Waals surface area (Å²) in [5.74, 6) is 0. The molecule has 2 rings (SSSR count). The molecule has 1 aliphatic rings. The highest BCUT2D eigenvalue weighted by Crippen LogP contribution is 2.22. The smallest absolute Gasteiger partial charge is 0.407 e. The number of piperidine rings is 1. The van der Waals surface area contributed by atoms with Crippen molar-refractivity contribution in [3.63, 3.8) is 0 Å². The van der Waals surface area contributed by atoms with Crippen molar-refractivity contribution >= 4 is 32.0 Å². The topological polar surface area (TPSA) is 75.7 Å². The van der Waals surface area contributed by atoms with E-state index in [-0.39, 0.29) is 17.5 Å². The largest absolute Gasteiger partial charge is 0.444 e. The number of halogens is 1. The maximum atomic E-state index is 12.9. The Morgan fingerprint density at radius 1 is 1.40 bits per heavy atom. The first-order chi connectivity index (χ1) is 11.6. The summed E-state index contributed by atoms with van der Waals surface area (Å²) in [5.41, 5.74) is 0.321. The zero-order chi connectivity index (χ0) is 18.7. The van der Waals surface area contributed by atoms with E-state index in [0.717, 1.165) is 12.0 Å². The second kappa shape index (κ2) is 8.05. The Morgan fingerprint density at radius 2 is 2.12 bits per heavy atom. The number of alkyl carbamates (subject to hydrolysis) is 1. The molecule has 1 amide bonds. The number of sulfonamides is 1. The molecule has 8 heteroatoms. The number of rotatable bonds is 4. The summed E-state index contributed by atoms with van der Waals surface area (Å²) in [6, 6.07) is 6.64. The normalized spacial score (nSPS) is 19.4. The molecule has 1 fully saturated rings. The summed E-state index contributed by atoms with van der Waals surface area (Å²) in [5, 5.41) is 3.37. The van der Waals surface area contributed by atoms with Gasteiger partial charge in [-0.2, -0.15) is 4.31 Å². The fourth-order valence-corrected chi connectivity index (χ4v) is 4.63. The SMILES string of the molecule is CC(C)(C)OC(=O)N[C@@H]1CCCN(S(=O)(=O)c2cccc(CBr)c2)C1. The van der Waals surface area contributed by atoms with Crippen molar-refractivity contribution in [1.82, 2.24) is 9.62 Å². The summed E-state index contributed by atoms with van der Waals surface area (Å²) >= 11 is 3.35. The van der Waals surface area contributed by atoms with Gasteiger partial charge in [-0.15, -0.1) is 0 Å². The number of hydrogen-bond acceptors (Lipinski definition) is 4. The molecule has 1 aromatic carbocycles. The molecule has 0 unspecified atom stereocenters. The molecular weight excluding hydrogens is 408 g/mol. The van der Waals surface area contributed by atoms with Crippen molar-refractivity contribution in [3.8, 4) is 0 Å². The first-order valence-corrected chi connectivity index (χ1v) is 10.8. The van der Waals surface area contributed by atoms with Gasteiger partial charge in [-0.25, -0.2) is 13.2 Å². The fraction of sp³-hybridized carbons (Fsp3) is 0.588. The van der Waals surface area contributed by atoms with Gasteiger partial charge >= 0.3 is 6.09 Å². The van der Waals surface area contributed by atoms with Crippen molar-refractivity contribution in [3.05, 3.63) is 29.8 Å². The van der Waals surface area contributed by atoms with Crippen LogP contribution in [0.15, 0.2) is 29.2 Å². The summed E-state index contributed by atoms with van der Waals surface area (Å²) in [6.45, 7) is 6.08. The number of carbonyl (C=O) groups excluding carboxylic acids is 1. The van der Waals surface area contributed by atoms with Crippen LogP contribution in [-0.4, -0.2) is 43.5 Å². The molecule has 1 saturated heterocycles. The van der Waals surface area contributed by atoms with Crippen molar-refractivity contribution in [1.29, 1.82) is 0 Å². The lowest BCUT2D eigenvalue weighted by Gasteiger charge is -2.32. The van der Waals surface area contributed by atoms with Crippen molar-refractivity contribution in [2.24, 2.45) is 0 Å². The van der Waals surface area contributed by atoms with Crippen LogP contribution in [-0.2, 0) is 20.1 Å². The molecule has 1 heterocycles. The highest BCUT2D eigenvalue weighted by Gasteiger charge is 2.31. The monoisotopic (exact) mass is 432 g/mol. The minimum atomic E-state index is -3.58. The second-order valence-electron chi connectivity index (χ2n) is 7.13. The Bertz CT molecular complexity index is 716. The van der Waals surface area contributed by atoms with Crippen LogP contribution in [0.4, 0.5) is 4.79 Å². The molecule has 1 N–H and O–H groups in total. The zero-order valence-electron chi connectivity index (χ0n) is 14.8. The highest BCUT2D eigenvalue weighted by molar-refractivity contribution is 9.08. The summed E-state index contributed by atoms with van der Waals surface area (Å²) in [4.78, 5) is 12.2. The lowest BCUT2D eigenvalue weighted by atomic mass is 10.1. The third-order valence-electron chi connectivity index (χ3n) is 3.80. The number of carbonyl (C=O) groups is 1. The Balaban J connectivity index is 2.08. The molecule has 1 aromatic rings. The molecular formula is C17H25BrN2O4S. The predicted octanol–water partition coefficient (Wildman–Crippen LogP) is 3.26. The van der Waals surface area contributed by atoms with Gasteiger partial charge < -0.3 is 10.1 Å². The number of nitrogens with one attached hydrogen (secondary N) is 1. The van der Waals surface area contributed by atoms with Gasteiger partial charge in [-0.05, 0) is 51.3 Å². The summed E-state index contributed by atoms with van der Waals surface area (Å²) < 4.78 is 32.5. The highest BCUT2D eigenvalue weighted by atomic mass is 79.9. The molecule has 1 aliphatic heterocycles. The Hall–Kier alpha value is -1.12. The Kier molecular flexibility index (Phi) is 6.51. The molecule has 0 radical (unpaired) electrons. The molecule has 6 nitrogen and oxygen atoms in total. The van der Waals surface area contributed by atoms with Gasteiger partial charge in [0.2, 0.25) is 10.0 Å². The molecule has 140 valence electrons. The molecule has 25 heavy (non-hydrogen) atoms. The van der Waals surface area contributed by atoms with Crippen LogP contribution in [0.1, 0.15) is 39.2 Å². The van der Waals surface area contributed by atoms with Gasteiger partial charge in [-0.1, -0.05) is 28.1 Å². The molecule has 0 spiro atoms. The first kappa shape index (κ1) is 20.2. The average Bonchev–Trinajstić information content (AvgIpc) is 2.53. The van der Waals surface area contributed by atoms with E-state index in [1.807, 2.05) is 6.07 Å². The van der Waals surface area contributed by atoms with E-state index in [1.54, 1.807) is 39.0 Å². The number of ether oxygens (including phenoxy) is 1. The van der Waals surface area contributed by atoms with Gasteiger partial charge in [0.1, 0.15) is 5.60 Å². The van der Waals surface area contributed by atoms with Crippen molar-refractivity contribution < 1.29 is 17.9 Å². The van der Waals surface area contributed by atoms with Gasteiger partial charge in [0, 0.05) is 24.5 Å². The number of nitrogens with zero attached hydrogens (tertiary/aromatic N) is 1. The van der Waals surface area contributed by atoms with Gasteiger partial charge in [0.15, 0.2) is 0 Å². The van der Waals surface area contributed by atoms with Crippen LogP contribution in [0.3, 0.4) is 0 Å². The summed E-state index contributed by atoms with van der Waals surface area (Å²) in [6.07, 6.45) is 0.905. The van der Waals surface area contributed by atoms with Crippen LogP contribution in [0.5, 0.6) is 0 Å². The van der Waals surface area contributed by atoms with Gasteiger partial charge in [0.25, 0.3) is 0 Å². The Morgan fingerprint density at radius 3 is 2.76 bits per heavy atom. The molecule has 0 aromatic heterocycles. The standard InChI is InChI=1S/C17H25BrN2O4S/c1-17(2,3)24-16(21)19-14-7-5-9-20(12-14)25(22,23)15-8-4-6-13(10-15)11-18/h4,6,8,10,14H,5,7,9,11-12H2,1-3H3,(H,19,21)/t14-/m1/s1. The second-order valence-corrected chi connectivity index (χ2v) is 9.63. The van der Waals surface area contributed by atoms with E-state index < -0.39 is 21.7 Å². The van der Waals surface area contributed by atoms with E-state index in [1.165, 1.54) is 4.31 Å². The minimum absolute atomic E-state index is 0.250. The maximum Gasteiger partial charge on any atom is 0.407 e. The van der Waals surface area contributed by atoms with E-state index in [2.05, 4.69) is 21.2 Å². The molecule has 0 saturated carbocycles. The average molecular weight is 433 g/mol. The number of amides is 1. The quantitative estimate of drug-likeness (QED) is 0.740. The van der Waals surface area contributed by atoms with Crippen LogP contribution < -0.4 is 5.32 Å². The minimum Gasteiger partial charge on any atom is -0.444 e. The Labute approximate surface area is 158 Å². The third-order valence-corrected chi connectivity index (χ3v) is 6.30. The van der Waals surface area contributed by atoms with Crippen LogP contribution in [0.25, 0.3) is 0 Å².